The lowest BCUT2D eigenvalue weighted by molar-refractivity contribution is 0.0743. The molecule has 0 saturated heterocycles. The number of halogens is 1. The van der Waals surface area contributed by atoms with Crippen molar-refractivity contribution in [2.24, 2.45) is 0 Å². The molecule has 0 heterocycles. The molecule has 1 fully saturated rings. The maximum absolute atomic E-state index is 12.4. The van der Waals surface area contributed by atoms with Gasteiger partial charge < -0.3 is 4.90 Å². The van der Waals surface area contributed by atoms with Crippen LogP contribution in [0.25, 0.3) is 0 Å². The van der Waals surface area contributed by atoms with Crippen molar-refractivity contribution in [3.8, 4) is 0 Å². The molecule has 17 heavy (non-hydrogen) atoms. The fraction of sp³-hybridized carbons (Fsp3) is 0.500. The number of rotatable bonds is 4. The van der Waals surface area contributed by atoms with Gasteiger partial charge in [0.05, 0.1) is 0 Å². The third-order valence-electron chi connectivity index (χ3n) is 3.12. The summed E-state index contributed by atoms with van der Waals surface area (Å²) in [4.78, 5) is 14.4. The largest absolute Gasteiger partial charge is 0.336 e. The van der Waals surface area contributed by atoms with Crippen LogP contribution in [0.15, 0.2) is 22.7 Å². The summed E-state index contributed by atoms with van der Waals surface area (Å²) in [5, 5.41) is 0. The van der Waals surface area contributed by atoms with E-state index in [0.717, 1.165) is 28.6 Å². The van der Waals surface area contributed by atoms with Crippen LogP contribution in [-0.2, 0) is 0 Å². The Hall–Kier alpha value is -0.830. The predicted octanol–water partition coefficient (Wildman–Crippen LogP) is 3.77. The van der Waals surface area contributed by atoms with Gasteiger partial charge in [-0.2, -0.15) is 0 Å². The van der Waals surface area contributed by atoms with Crippen molar-refractivity contribution >= 4 is 21.8 Å². The third-order valence-corrected chi connectivity index (χ3v) is 4.01. The molecule has 0 unspecified atom stereocenters. The first-order valence-corrected chi connectivity index (χ1v) is 7.00. The molecule has 0 aliphatic heterocycles. The molecule has 2 rings (SSSR count). The van der Waals surface area contributed by atoms with Gasteiger partial charge >= 0.3 is 0 Å². The van der Waals surface area contributed by atoms with Crippen molar-refractivity contribution in [3.05, 3.63) is 33.8 Å². The molecule has 1 aromatic rings. The molecule has 0 N–H and O–H groups in total. The smallest absolute Gasteiger partial charge is 0.254 e. The Labute approximate surface area is 111 Å². The van der Waals surface area contributed by atoms with Crippen LogP contribution in [0, 0.1) is 6.92 Å². The van der Waals surface area contributed by atoms with E-state index in [9.17, 15) is 4.79 Å². The van der Waals surface area contributed by atoms with Crippen molar-refractivity contribution in [1.82, 2.24) is 4.90 Å². The normalized spacial score (nSPS) is 14.8. The van der Waals surface area contributed by atoms with E-state index in [1.54, 1.807) is 0 Å². The van der Waals surface area contributed by atoms with Gasteiger partial charge in [0.25, 0.3) is 5.91 Å². The Bertz CT molecular complexity index is 426. The van der Waals surface area contributed by atoms with Crippen molar-refractivity contribution in [1.29, 1.82) is 0 Å². The first-order chi connectivity index (χ1) is 8.13. The van der Waals surface area contributed by atoms with E-state index in [1.807, 2.05) is 30.0 Å². The fourth-order valence-corrected chi connectivity index (χ4v) is 2.27. The van der Waals surface area contributed by atoms with Crippen LogP contribution in [0.5, 0.6) is 0 Å². The minimum atomic E-state index is 0.185. The van der Waals surface area contributed by atoms with Crippen LogP contribution in [0.1, 0.15) is 42.1 Å². The first kappa shape index (κ1) is 12.6. The second kappa shape index (κ2) is 5.21. The molecule has 0 aromatic heterocycles. The number of benzene rings is 1. The summed E-state index contributed by atoms with van der Waals surface area (Å²) >= 11 is 3.46. The van der Waals surface area contributed by atoms with Gasteiger partial charge in [-0.15, -0.1) is 0 Å². The molecule has 2 nitrogen and oxygen atoms in total. The average molecular weight is 296 g/mol. The third kappa shape index (κ3) is 2.89. The van der Waals surface area contributed by atoms with Crippen LogP contribution >= 0.6 is 15.9 Å². The number of carbonyl (C=O) groups is 1. The Kier molecular flexibility index (Phi) is 3.87. The Morgan fingerprint density at radius 2 is 2.18 bits per heavy atom. The van der Waals surface area contributed by atoms with E-state index >= 15 is 0 Å². The lowest BCUT2D eigenvalue weighted by atomic mass is 10.1. The van der Waals surface area contributed by atoms with E-state index in [1.165, 1.54) is 12.8 Å². The molecule has 0 bridgehead atoms. The number of hydrogen-bond donors (Lipinski definition) is 0. The number of amides is 1. The zero-order chi connectivity index (χ0) is 12.4. The summed E-state index contributed by atoms with van der Waals surface area (Å²) in [5.41, 5.74) is 1.93. The Morgan fingerprint density at radius 3 is 2.71 bits per heavy atom. The zero-order valence-corrected chi connectivity index (χ0v) is 12.0. The average Bonchev–Trinajstić information content (AvgIpc) is 3.13. The number of carbonyl (C=O) groups excluding carboxylic acids is 1. The highest BCUT2D eigenvalue weighted by Crippen LogP contribution is 2.29. The molecule has 0 spiro atoms. The van der Waals surface area contributed by atoms with Crippen LogP contribution < -0.4 is 0 Å². The van der Waals surface area contributed by atoms with Crippen LogP contribution in [0.3, 0.4) is 0 Å². The van der Waals surface area contributed by atoms with E-state index < -0.39 is 0 Å². The molecule has 0 radical (unpaired) electrons. The minimum absolute atomic E-state index is 0.185. The zero-order valence-electron chi connectivity index (χ0n) is 10.4. The topological polar surface area (TPSA) is 20.3 Å². The second-order valence-electron chi connectivity index (χ2n) is 4.69. The van der Waals surface area contributed by atoms with Crippen molar-refractivity contribution in [2.75, 3.05) is 6.54 Å². The minimum Gasteiger partial charge on any atom is -0.336 e. The fourth-order valence-electron chi connectivity index (χ4n) is 2.02. The van der Waals surface area contributed by atoms with Crippen LogP contribution in [-0.4, -0.2) is 23.4 Å². The highest BCUT2D eigenvalue weighted by molar-refractivity contribution is 9.10. The van der Waals surface area contributed by atoms with Gasteiger partial charge in [-0.3, -0.25) is 4.79 Å². The van der Waals surface area contributed by atoms with Crippen LogP contribution in [0.4, 0.5) is 0 Å². The SMILES string of the molecule is CCCN(C(=O)c1ccc(Br)c(C)c1)C1CC1. The summed E-state index contributed by atoms with van der Waals surface area (Å²) < 4.78 is 1.06. The Morgan fingerprint density at radius 1 is 1.47 bits per heavy atom. The van der Waals surface area contributed by atoms with Gasteiger partial charge in [-0.25, -0.2) is 0 Å². The molecule has 92 valence electrons. The van der Waals surface area contributed by atoms with Gasteiger partial charge in [0, 0.05) is 22.6 Å². The second-order valence-corrected chi connectivity index (χ2v) is 5.55. The van der Waals surface area contributed by atoms with Gasteiger partial charge in [0.1, 0.15) is 0 Å². The Balaban J connectivity index is 2.19. The first-order valence-electron chi connectivity index (χ1n) is 6.20. The summed E-state index contributed by atoms with van der Waals surface area (Å²) in [5.74, 6) is 0.185. The highest BCUT2D eigenvalue weighted by Gasteiger charge is 2.32. The van der Waals surface area contributed by atoms with Gasteiger partial charge in [0.2, 0.25) is 0 Å². The molecule has 1 saturated carbocycles. The quantitative estimate of drug-likeness (QED) is 0.828. The maximum atomic E-state index is 12.4. The lowest BCUT2D eigenvalue weighted by Crippen LogP contribution is -2.33. The maximum Gasteiger partial charge on any atom is 0.254 e. The molecule has 1 aliphatic carbocycles. The molecular formula is C14H18BrNO. The molecule has 1 aliphatic rings. The summed E-state index contributed by atoms with van der Waals surface area (Å²) in [6.45, 7) is 5.01. The van der Waals surface area contributed by atoms with E-state index in [0.29, 0.717) is 6.04 Å². The van der Waals surface area contributed by atoms with Gasteiger partial charge in [-0.05, 0) is 49.9 Å². The van der Waals surface area contributed by atoms with Gasteiger partial charge in [-0.1, -0.05) is 22.9 Å². The standard InChI is InChI=1S/C14H18BrNO/c1-3-8-16(12-5-6-12)14(17)11-4-7-13(15)10(2)9-11/h4,7,9,12H,3,5-6,8H2,1-2H3. The van der Waals surface area contributed by atoms with Crippen LogP contribution in [0.2, 0.25) is 0 Å². The molecule has 3 heteroatoms. The monoisotopic (exact) mass is 295 g/mol. The highest BCUT2D eigenvalue weighted by atomic mass is 79.9. The van der Waals surface area contributed by atoms with E-state index in [-0.39, 0.29) is 5.91 Å². The molecular weight excluding hydrogens is 278 g/mol. The molecule has 1 amide bonds. The van der Waals surface area contributed by atoms with Crippen molar-refractivity contribution < 1.29 is 4.79 Å². The summed E-state index contributed by atoms with van der Waals surface area (Å²) in [6, 6.07) is 6.33. The van der Waals surface area contributed by atoms with Gasteiger partial charge in [0.15, 0.2) is 0 Å². The number of nitrogens with zero attached hydrogens (tertiary/aromatic N) is 1. The molecule has 1 aromatic carbocycles. The molecule has 0 atom stereocenters. The number of aryl methyl sites for hydroxylation is 1. The van der Waals surface area contributed by atoms with E-state index in [4.69, 9.17) is 0 Å². The number of hydrogen-bond acceptors (Lipinski definition) is 1. The summed E-state index contributed by atoms with van der Waals surface area (Å²) in [6.07, 6.45) is 3.36. The summed E-state index contributed by atoms with van der Waals surface area (Å²) in [7, 11) is 0. The van der Waals surface area contributed by atoms with Crippen molar-refractivity contribution in [3.63, 3.8) is 0 Å². The lowest BCUT2D eigenvalue weighted by Gasteiger charge is -2.22. The van der Waals surface area contributed by atoms with Crippen molar-refractivity contribution in [2.45, 2.75) is 39.2 Å². The van der Waals surface area contributed by atoms with E-state index in [2.05, 4.69) is 22.9 Å². The predicted molar refractivity (Wildman–Crippen MR) is 73.2 cm³/mol.